The highest BCUT2D eigenvalue weighted by Crippen LogP contribution is 2.50. The Kier molecular flexibility index (Phi) is 3.39. The number of rotatable bonds is 3. The molecular weight excluding hydrogens is 158 g/mol. The molecule has 0 heterocycles. The largest absolute Gasteiger partial charge is 0.330 e. The van der Waals surface area contributed by atoms with Crippen molar-refractivity contribution in [3.63, 3.8) is 0 Å². The maximum absolute atomic E-state index is 6.00. The first-order valence-corrected chi connectivity index (χ1v) is 5.78. The first kappa shape index (κ1) is 11.0. The molecule has 0 aliphatic heterocycles. The van der Waals surface area contributed by atoms with Gasteiger partial charge in [-0.15, -0.1) is 0 Å². The molecule has 0 saturated heterocycles. The summed E-state index contributed by atoms with van der Waals surface area (Å²) in [6.07, 6.45) is 8.15. The summed E-state index contributed by atoms with van der Waals surface area (Å²) >= 11 is 0. The van der Waals surface area contributed by atoms with Crippen molar-refractivity contribution in [2.75, 3.05) is 6.54 Å². The van der Waals surface area contributed by atoms with E-state index in [-0.39, 0.29) is 0 Å². The second-order valence-electron chi connectivity index (χ2n) is 5.28. The fourth-order valence-corrected chi connectivity index (χ4v) is 2.76. The molecule has 0 aromatic heterocycles. The maximum Gasteiger partial charge on any atom is -0.00154 e. The molecule has 1 nitrogen and oxygen atoms in total. The van der Waals surface area contributed by atoms with Crippen LogP contribution in [0.5, 0.6) is 0 Å². The van der Waals surface area contributed by atoms with Gasteiger partial charge in [-0.2, -0.15) is 0 Å². The Balaban J connectivity index is 2.78. The average Bonchev–Trinajstić information content (AvgIpc) is 2.18. The van der Waals surface area contributed by atoms with E-state index in [0.717, 1.165) is 6.54 Å². The molecule has 1 aliphatic rings. The van der Waals surface area contributed by atoms with E-state index in [1.54, 1.807) is 0 Å². The highest BCUT2D eigenvalue weighted by atomic mass is 14.6. The Morgan fingerprint density at radius 1 is 1.15 bits per heavy atom. The third-order valence-electron chi connectivity index (χ3n) is 4.52. The molecule has 0 unspecified atom stereocenters. The van der Waals surface area contributed by atoms with Crippen LogP contribution in [-0.2, 0) is 0 Å². The van der Waals surface area contributed by atoms with Crippen LogP contribution in [-0.4, -0.2) is 6.54 Å². The highest BCUT2D eigenvalue weighted by Gasteiger charge is 2.42. The van der Waals surface area contributed by atoms with Crippen molar-refractivity contribution >= 4 is 0 Å². The Morgan fingerprint density at radius 3 is 2.08 bits per heavy atom. The lowest BCUT2D eigenvalue weighted by Gasteiger charge is -2.48. The van der Waals surface area contributed by atoms with Gasteiger partial charge in [-0.05, 0) is 30.2 Å². The summed E-state index contributed by atoms with van der Waals surface area (Å²) in [6.45, 7) is 7.97. The van der Waals surface area contributed by atoms with E-state index in [2.05, 4.69) is 20.8 Å². The van der Waals surface area contributed by atoms with Gasteiger partial charge < -0.3 is 5.73 Å². The van der Waals surface area contributed by atoms with Crippen molar-refractivity contribution in [3.05, 3.63) is 0 Å². The van der Waals surface area contributed by atoms with Gasteiger partial charge in [0.05, 0.1) is 0 Å². The lowest BCUT2D eigenvalue weighted by atomic mass is 9.57. The van der Waals surface area contributed by atoms with Crippen LogP contribution in [0.1, 0.15) is 59.3 Å². The Labute approximate surface area is 83.1 Å². The molecule has 1 saturated carbocycles. The Morgan fingerprint density at radius 2 is 1.69 bits per heavy atom. The van der Waals surface area contributed by atoms with Gasteiger partial charge in [0.25, 0.3) is 0 Å². The van der Waals surface area contributed by atoms with Crippen LogP contribution in [0.15, 0.2) is 0 Å². The normalized spacial score (nSPS) is 23.1. The molecule has 0 spiro atoms. The van der Waals surface area contributed by atoms with Crippen LogP contribution in [0.25, 0.3) is 0 Å². The van der Waals surface area contributed by atoms with Gasteiger partial charge in [0.15, 0.2) is 0 Å². The third-order valence-corrected chi connectivity index (χ3v) is 4.52. The SMILES string of the molecule is CCC(C)(C)C1(CN)CCCCC1. The van der Waals surface area contributed by atoms with Gasteiger partial charge in [0, 0.05) is 0 Å². The minimum atomic E-state index is 0.433. The van der Waals surface area contributed by atoms with E-state index in [0.29, 0.717) is 10.8 Å². The third kappa shape index (κ3) is 1.90. The molecule has 2 N–H and O–H groups in total. The summed E-state index contributed by atoms with van der Waals surface area (Å²) < 4.78 is 0. The van der Waals surface area contributed by atoms with Crippen LogP contribution < -0.4 is 5.73 Å². The lowest BCUT2D eigenvalue weighted by Crippen LogP contribution is -2.45. The smallest absolute Gasteiger partial charge is 0.00154 e. The fourth-order valence-electron chi connectivity index (χ4n) is 2.76. The van der Waals surface area contributed by atoms with Crippen LogP contribution in [0.2, 0.25) is 0 Å². The first-order valence-electron chi connectivity index (χ1n) is 5.78. The molecule has 1 rings (SSSR count). The summed E-state index contributed by atoms with van der Waals surface area (Å²) in [4.78, 5) is 0. The predicted octanol–water partition coefficient (Wildman–Crippen LogP) is 3.33. The van der Waals surface area contributed by atoms with Gasteiger partial charge in [-0.3, -0.25) is 0 Å². The van der Waals surface area contributed by atoms with Crippen LogP contribution in [0.3, 0.4) is 0 Å². The summed E-state index contributed by atoms with van der Waals surface area (Å²) in [7, 11) is 0. The van der Waals surface area contributed by atoms with Crippen LogP contribution >= 0.6 is 0 Å². The van der Waals surface area contributed by atoms with Crippen molar-refractivity contribution in [1.82, 2.24) is 0 Å². The molecule has 1 fully saturated rings. The Hall–Kier alpha value is -0.0400. The minimum Gasteiger partial charge on any atom is -0.330 e. The quantitative estimate of drug-likeness (QED) is 0.713. The van der Waals surface area contributed by atoms with Crippen molar-refractivity contribution in [2.45, 2.75) is 59.3 Å². The molecular formula is C12H25N. The molecule has 1 heteroatoms. The summed E-state index contributed by atoms with van der Waals surface area (Å²) in [6, 6.07) is 0. The van der Waals surface area contributed by atoms with Gasteiger partial charge in [0.2, 0.25) is 0 Å². The fraction of sp³-hybridized carbons (Fsp3) is 1.00. The first-order chi connectivity index (χ1) is 6.08. The van der Waals surface area contributed by atoms with Crippen molar-refractivity contribution < 1.29 is 0 Å². The Bertz CT molecular complexity index is 155. The van der Waals surface area contributed by atoms with E-state index < -0.39 is 0 Å². The molecule has 1 aliphatic carbocycles. The van der Waals surface area contributed by atoms with Gasteiger partial charge in [0.1, 0.15) is 0 Å². The maximum atomic E-state index is 6.00. The second kappa shape index (κ2) is 4.00. The summed E-state index contributed by atoms with van der Waals surface area (Å²) in [5.41, 5.74) is 6.88. The van der Waals surface area contributed by atoms with Crippen molar-refractivity contribution in [2.24, 2.45) is 16.6 Å². The van der Waals surface area contributed by atoms with Crippen molar-refractivity contribution in [3.8, 4) is 0 Å². The molecule has 78 valence electrons. The second-order valence-corrected chi connectivity index (χ2v) is 5.28. The van der Waals surface area contributed by atoms with Crippen molar-refractivity contribution in [1.29, 1.82) is 0 Å². The summed E-state index contributed by atoms with van der Waals surface area (Å²) in [5.74, 6) is 0. The molecule has 0 bridgehead atoms. The number of hydrogen-bond donors (Lipinski definition) is 1. The number of hydrogen-bond acceptors (Lipinski definition) is 1. The molecule has 0 aromatic carbocycles. The topological polar surface area (TPSA) is 26.0 Å². The molecule has 0 radical (unpaired) electrons. The molecule has 13 heavy (non-hydrogen) atoms. The zero-order chi connectivity index (χ0) is 9.95. The van der Waals surface area contributed by atoms with Gasteiger partial charge in [-0.1, -0.05) is 46.5 Å². The minimum absolute atomic E-state index is 0.433. The molecule has 0 atom stereocenters. The molecule has 0 aromatic rings. The van der Waals surface area contributed by atoms with Gasteiger partial charge >= 0.3 is 0 Å². The van der Waals surface area contributed by atoms with E-state index in [1.165, 1.54) is 38.5 Å². The van der Waals surface area contributed by atoms with E-state index in [4.69, 9.17) is 5.73 Å². The van der Waals surface area contributed by atoms with E-state index in [1.807, 2.05) is 0 Å². The van der Waals surface area contributed by atoms with Crippen LogP contribution in [0.4, 0.5) is 0 Å². The molecule has 0 amide bonds. The zero-order valence-electron chi connectivity index (χ0n) is 9.53. The van der Waals surface area contributed by atoms with E-state index in [9.17, 15) is 0 Å². The number of nitrogens with two attached hydrogens (primary N) is 1. The van der Waals surface area contributed by atoms with Crippen LogP contribution in [0, 0.1) is 10.8 Å². The zero-order valence-corrected chi connectivity index (χ0v) is 9.53. The van der Waals surface area contributed by atoms with E-state index >= 15 is 0 Å². The highest BCUT2D eigenvalue weighted by molar-refractivity contribution is 4.94. The van der Waals surface area contributed by atoms with Gasteiger partial charge in [-0.25, -0.2) is 0 Å². The standard InChI is InChI=1S/C12H25N/c1-4-11(2,3)12(10-13)8-6-5-7-9-12/h4-10,13H2,1-3H3. The monoisotopic (exact) mass is 183 g/mol. The summed E-state index contributed by atoms with van der Waals surface area (Å²) in [5, 5.41) is 0. The average molecular weight is 183 g/mol. The lowest BCUT2D eigenvalue weighted by molar-refractivity contribution is 0.0299. The predicted molar refractivity (Wildman–Crippen MR) is 58.6 cm³/mol.